The minimum atomic E-state index is -0.326. The SMILES string of the molecule is CN(C)c1ccc(C(CNC(=O)/C=C/c2cccc(F)c2)c2c[nH]c3ccccc23)cc1. The van der Waals surface area contributed by atoms with Gasteiger partial charge in [-0.25, -0.2) is 4.39 Å². The fourth-order valence-electron chi connectivity index (χ4n) is 3.84. The predicted molar refractivity (Wildman–Crippen MR) is 129 cm³/mol. The zero-order valence-corrected chi connectivity index (χ0v) is 18.2. The average Bonchev–Trinajstić information content (AvgIpc) is 3.22. The number of hydrogen-bond acceptors (Lipinski definition) is 2. The molecule has 1 aromatic heterocycles. The first-order valence-corrected chi connectivity index (χ1v) is 10.6. The lowest BCUT2D eigenvalue weighted by molar-refractivity contribution is -0.116. The second-order valence-electron chi connectivity index (χ2n) is 7.96. The van der Waals surface area contributed by atoms with E-state index in [0.29, 0.717) is 12.1 Å². The van der Waals surface area contributed by atoms with Crippen molar-refractivity contribution in [2.24, 2.45) is 0 Å². The van der Waals surface area contributed by atoms with E-state index in [1.54, 1.807) is 18.2 Å². The van der Waals surface area contributed by atoms with E-state index in [4.69, 9.17) is 0 Å². The van der Waals surface area contributed by atoms with Crippen LogP contribution in [0.2, 0.25) is 0 Å². The van der Waals surface area contributed by atoms with Crippen LogP contribution < -0.4 is 10.2 Å². The maximum absolute atomic E-state index is 13.4. The van der Waals surface area contributed by atoms with Crippen molar-refractivity contribution < 1.29 is 9.18 Å². The maximum Gasteiger partial charge on any atom is 0.244 e. The van der Waals surface area contributed by atoms with E-state index >= 15 is 0 Å². The lowest BCUT2D eigenvalue weighted by Crippen LogP contribution is -2.27. The van der Waals surface area contributed by atoms with Gasteiger partial charge >= 0.3 is 0 Å². The van der Waals surface area contributed by atoms with Crippen molar-refractivity contribution in [2.75, 3.05) is 25.5 Å². The summed E-state index contributed by atoms with van der Waals surface area (Å²) in [6, 6.07) is 22.7. The van der Waals surface area contributed by atoms with Crippen LogP contribution >= 0.6 is 0 Å². The summed E-state index contributed by atoms with van der Waals surface area (Å²) in [5.74, 6) is -0.564. The lowest BCUT2D eigenvalue weighted by atomic mass is 9.90. The molecule has 0 saturated carbocycles. The smallest absolute Gasteiger partial charge is 0.244 e. The summed E-state index contributed by atoms with van der Waals surface area (Å²) in [7, 11) is 4.02. The van der Waals surface area contributed by atoms with Gasteiger partial charge in [0.15, 0.2) is 0 Å². The Labute approximate surface area is 187 Å². The third kappa shape index (κ3) is 4.89. The molecule has 0 aliphatic heterocycles. The van der Waals surface area contributed by atoms with Gasteiger partial charge in [0, 0.05) is 55.4 Å². The molecule has 4 aromatic rings. The van der Waals surface area contributed by atoms with Crippen molar-refractivity contribution in [3.63, 3.8) is 0 Å². The number of nitrogens with one attached hydrogen (secondary N) is 2. The normalized spacial score (nSPS) is 12.2. The number of fused-ring (bicyclic) bond motifs is 1. The molecule has 2 N–H and O–H groups in total. The van der Waals surface area contributed by atoms with Gasteiger partial charge in [0.2, 0.25) is 5.91 Å². The number of carbonyl (C=O) groups is 1. The van der Waals surface area contributed by atoms with Gasteiger partial charge in [-0.15, -0.1) is 0 Å². The van der Waals surface area contributed by atoms with Gasteiger partial charge in [-0.1, -0.05) is 42.5 Å². The van der Waals surface area contributed by atoms with Crippen molar-refractivity contribution >= 4 is 28.6 Å². The number of hydrogen-bond donors (Lipinski definition) is 2. The molecule has 3 aromatic carbocycles. The van der Waals surface area contributed by atoms with E-state index in [1.165, 1.54) is 18.2 Å². The van der Waals surface area contributed by atoms with Gasteiger partial charge in [0.1, 0.15) is 5.82 Å². The van der Waals surface area contributed by atoms with E-state index < -0.39 is 0 Å². The summed E-state index contributed by atoms with van der Waals surface area (Å²) in [6.07, 6.45) is 5.07. The van der Waals surface area contributed by atoms with E-state index in [2.05, 4.69) is 45.5 Å². The Morgan fingerprint density at radius 1 is 1.06 bits per heavy atom. The maximum atomic E-state index is 13.4. The molecule has 0 saturated heterocycles. The number of nitrogens with zero attached hydrogens (tertiary/aromatic N) is 1. The van der Waals surface area contributed by atoms with E-state index in [9.17, 15) is 9.18 Å². The quantitative estimate of drug-likeness (QED) is 0.392. The van der Waals surface area contributed by atoms with E-state index in [1.807, 2.05) is 38.5 Å². The summed E-state index contributed by atoms with van der Waals surface area (Å²) >= 11 is 0. The highest BCUT2D eigenvalue weighted by molar-refractivity contribution is 5.92. The Balaban J connectivity index is 1.57. The zero-order chi connectivity index (χ0) is 22.5. The molecule has 32 heavy (non-hydrogen) atoms. The number of rotatable bonds is 7. The molecule has 0 fully saturated rings. The van der Waals surface area contributed by atoms with Crippen LogP contribution in [0.25, 0.3) is 17.0 Å². The Morgan fingerprint density at radius 3 is 2.59 bits per heavy atom. The highest BCUT2D eigenvalue weighted by Gasteiger charge is 2.19. The largest absolute Gasteiger partial charge is 0.378 e. The fraction of sp³-hybridized carbons (Fsp3) is 0.148. The summed E-state index contributed by atoms with van der Waals surface area (Å²) in [4.78, 5) is 17.9. The van der Waals surface area contributed by atoms with Crippen LogP contribution in [0.4, 0.5) is 10.1 Å². The first-order chi connectivity index (χ1) is 15.5. The van der Waals surface area contributed by atoms with Gasteiger partial charge in [-0.05, 0) is 53.1 Å². The van der Waals surface area contributed by atoms with Crippen molar-refractivity contribution in [3.8, 4) is 0 Å². The third-order valence-corrected chi connectivity index (χ3v) is 5.56. The number of para-hydroxylation sites is 1. The summed E-state index contributed by atoms with van der Waals surface area (Å²) in [5.41, 5.74) is 5.08. The standard InChI is InChI=1S/C27H26FN3O/c1-31(2)22-13-11-20(12-14-22)24(25-18-29-26-9-4-3-8-23(25)26)17-30-27(32)15-10-19-6-5-7-21(28)16-19/h3-16,18,24,29H,17H2,1-2H3,(H,30,32)/b15-10+. The molecule has 1 heterocycles. The highest BCUT2D eigenvalue weighted by Crippen LogP contribution is 2.31. The molecule has 1 amide bonds. The number of anilines is 1. The minimum absolute atomic E-state index is 0.0196. The third-order valence-electron chi connectivity index (χ3n) is 5.56. The van der Waals surface area contributed by atoms with Crippen LogP contribution in [0, 0.1) is 5.82 Å². The van der Waals surface area contributed by atoms with Crippen LogP contribution in [0.15, 0.2) is 85.1 Å². The molecule has 1 unspecified atom stereocenters. The molecule has 0 aliphatic rings. The molecule has 4 nitrogen and oxygen atoms in total. The molecular weight excluding hydrogens is 401 g/mol. The lowest BCUT2D eigenvalue weighted by Gasteiger charge is -2.19. The average molecular weight is 428 g/mol. The van der Waals surface area contributed by atoms with Crippen LogP contribution in [0.3, 0.4) is 0 Å². The van der Waals surface area contributed by atoms with Crippen molar-refractivity contribution in [1.29, 1.82) is 0 Å². The molecule has 1 atom stereocenters. The molecule has 0 aliphatic carbocycles. The van der Waals surface area contributed by atoms with Crippen LogP contribution in [-0.2, 0) is 4.79 Å². The predicted octanol–water partition coefficient (Wildman–Crippen LogP) is 5.33. The number of halogens is 1. The second-order valence-corrected chi connectivity index (χ2v) is 7.96. The van der Waals surface area contributed by atoms with Gasteiger partial charge in [-0.2, -0.15) is 0 Å². The first kappa shape index (κ1) is 21.4. The number of amides is 1. The number of carbonyl (C=O) groups excluding carboxylic acids is 1. The number of aromatic nitrogens is 1. The summed E-state index contributed by atoms with van der Waals surface area (Å²) in [6.45, 7) is 0.440. The molecular formula is C27H26FN3O. The monoisotopic (exact) mass is 427 g/mol. The van der Waals surface area contributed by atoms with Crippen LogP contribution in [0.1, 0.15) is 22.6 Å². The van der Waals surface area contributed by atoms with E-state index in [0.717, 1.165) is 27.7 Å². The Hall–Kier alpha value is -3.86. The first-order valence-electron chi connectivity index (χ1n) is 10.6. The molecule has 0 bridgehead atoms. The Bertz CT molecular complexity index is 1240. The van der Waals surface area contributed by atoms with Gasteiger partial charge < -0.3 is 15.2 Å². The van der Waals surface area contributed by atoms with Crippen molar-refractivity contribution in [1.82, 2.24) is 10.3 Å². The number of H-pyrrole nitrogens is 1. The molecule has 5 heteroatoms. The highest BCUT2D eigenvalue weighted by atomic mass is 19.1. The molecule has 0 spiro atoms. The molecule has 162 valence electrons. The Kier molecular flexibility index (Phi) is 6.36. The number of benzene rings is 3. The van der Waals surface area contributed by atoms with E-state index in [-0.39, 0.29) is 17.6 Å². The van der Waals surface area contributed by atoms with Crippen LogP contribution in [0.5, 0.6) is 0 Å². The Morgan fingerprint density at radius 2 is 1.84 bits per heavy atom. The van der Waals surface area contributed by atoms with Gasteiger partial charge in [-0.3, -0.25) is 4.79 Å². The van der Waals surface area contributed by atoms with Crippen molar-refractivity contribution in [2.45, 2.75) is 5.92 Å². The fourth-order valence-corrected chi connectivity index (χ4v) is 3.84. The minimum Gasteiger partial charge on any atom is -0.378 e. The molecule has 4 rings (SSSR count). The molecule has 0 radical (unpaired) electrons. The zero-order valence-electron chi connectivity index (χ0n) is 18.2. The van der Waals surface area contributed by atoms with Crippen LogP contribution in [-0.4, -0.2) is 31.5 Å². The van der Waals surface area contributed by atoms with Gasteiger partial charge in [0.05, 0.1) is 0 Å². The summed E-state index contributed by atoms with van der Waals surface area (Å²) < 4.78 is 13.4. The van der Waals surface area contributed by atoms with Gasteiger partial charge in [0.25, 0.3) is 0 Å². The second kappa shape index (κ2) is 9.52. The van der Waals surface area contributed by atoms with Crippen molar-refractivity contribution in [3.05, 3.63) is 108 Å². The number of aromatic amines is 1. The summed E-state index contributed by atoms with van der Waals surface area (Å²) in [5, 5.41) is 4.15. The topological polar surface area (TPSA) is 48.1 Å².